The molecule has 2 aromatic carbocycles. The Kier molecular flexibility index (Phi) is 3.83. The second-order valence-electron chi connectivity index (χ2n) is 4.52. The molecule has 1 N–H and O–H groups in total. The van der Waals surface area contributed by atoms with Gasteiger partial charge in [-0.15, -0.1) is 6.42 Å². The number of ether oxygens (including phenoxy) is 3. The number of terminal acetylenes is 1. The summed E-state index contributed by atoms with van der Waals surface area (Å²) in [5.74, 6) is 4.80. The smallest absolute Gasteiger partial charge is 0.231 e. The first-order chi connectivity index (χ1) is 10.4. The van der Waals surface area contributed by atoms with Gasteiger partial charge in [-0.3, -0.25) is 0 Å². The third kappa shape index (κ3) is 3.03. The fourth-order valence-electron chi connectivity index (χ4n) is 2.11. The lowest BCUT2D eigenvalue weighted by atomic mass is 10.2. The van der Waals surface area contributed by atoms with Crippen LogP contribution < -0.4 is 19.5 Å². The SMILES string of the molecule is C#CCOc1ccccc1CNc1ccc2c(c1)OCO2. The highest BCUT2D eigenvalue weighted by Crippen LogP contribution is 2.34. The normalized spacial score (nSPS) is 11.8. The van der Waals surface area contributed by atoms with E-state index in [0.717, 1.165) is 28.5 Å². The molecule has 1 aliphatic heterocycles. The van der Waals surface area contributed by atoms with Crippen LogP contribution in [0.15, 0.2) is 42.5 Å². The van der Waals surface area contributed by atoms with Crippen molar-refractivity contribution in [3.63, 3.8) is 0 Å². The minimum atomic E-state index is 0.265. The van der Waals surface area contributed by atoms with Crippen molar-refractivity contribution in [1.82, 2.24) is 0 Å². The Morgan fingerprint density at radius 3 is 2.90 bits per heavy atom. The van der Waals surface area contributed by atoms with Crippen molar-refractivity contribution in [3.05, 3.63) is 48.0 Å². The van der Waals surface area contributed by atoms with E-state index in [-0.39, 0.29) is 13.4 Å². The average molecular weight is 281 g/mol. The largest absolute Gasteiger partial charge is 0.481 e. The van der Waals surface area contributed by atoms with E-state index in [1.807, 2.05) is 42.5 Å². The van der Waals surface area contributed by atoms with Gasteiger partial charge in [0.2, 0.25) is 6.79 Å². The fraction of sp³-hybridized carbons (Fsp3) is 0.176. The molecule has 0 aliphatic carbocycles. The van der Waals surface area contributed by atoms with E-state index in [9.17, 15) is 0 Å². The number of fused-ring (bicyclic) bond motifs is 1. The van der Waals surface area contributed by atoms with Crippen molar-refractivity contribution >= 4 is 5.69 Å². The average Bonchev–Trinajstić information content (AvgIpc) is 2.99. The van der Waals surface area contributed by atoms with Crippen LogP contribution in [0.4, 0.5) is 5.69 Å². The first kappa shape index (κ1) is 13.2. The van der Waals surface area contributed by atoms with Gasteiger partial charge in [-0.25, -0.2) is 0 Å². The van der Waals surface area contributed by atoms with Crippen LogP contribution in [-0.2, 0) is 6.54 Å². The lowest BCUT2D eigenvalue weighted by molar-refractivity contribution is 0.174. The van der Waals surface area contributed by atoms with Crippen molar-refractivity contribution in [2.24, 2.45) is 0 Å². The highest BCUT2D eigenvalue weighted by molar-refractivity contribution is 5.56. The molecule has 1 heterocycles. The zero-order chi connectivity index (χ0) is 14.5. The molecule has 2 aromatic rings. The van der Waals surface area contributed by atoms with Gasteiger partial charge >= 0.3 is 0 Å². The van der Waals surface area contributed by atoms with Crippen LogP contribution in [0.25, 0.3) is 0 Å². The summed E-state index contributed by atoms with van der Waals surface area (Å²) in [4.78, 5) is 0. The van der Waals surface area contributed by atoms with Gasteiger partial charge in [0, 0.05) is 23.9 Å². The number of hydrogen-bond acceptors (Lipinski definition) is 4. The second kappa shape index (κ2) is 6.10. The van der Waals surface area contributed by atoms with Crippen molar-refractivity contribution in [2.75, 3.05) is 18.7 Å². The summed E-state index contributed by atoms with van der Waals surface area (Å²) in [5, 5.41) is 3.34. The molecule has 0 unspecified atom stereocenters. The van der Waals surface area contributed by atoms with Crippen molar-refractivity contribution in [3.8, 4) is 29.6 Å². The van der Waals surface area contributed by atoms with Crippen LogP contribution in [0.2, 0.25) is 0 Å². The van der Waals surface area contributed by atoms with Gasteiger partial charge in [0.05, 0.1) is 0 Å². The Labute approximate surface area is 123 Å². The third-order valence-corrected chi connectivity index (χ3v) is 3.14. The summed E-state index contributed by atoms with van der Waals surface area (Å²) in [7, 11) is 0. The first-order valence-corrected chi connectivity index (χ1v) is 6.64. The van der Waals surface area contributed by atoms with Gasteiger partial charge in [-0.2, -0.15) is 0 Å². The van der Waals surface area contributed by atoms with Gasteiger partial charge in [0.25, 0.3) is 0 Å². The molecular weight excluding hydrogens is 266 g/mol. The Bertz CT molecular complexity index is 676. The lowest BCUT2D eigenvalue weighted by Crippen LogP contribution is -2.03. The number of benzene rings is 2. The highest BCUT2D eigenvalue weighted by atomic mass is 16.7. The van der Waals surface area contributed by atoms with Crippen LogP contribution in [0.5, 0.6) is 17.2 Å². The quantitative estimate of drug-likeness (QED) is 0.855. The van der Waals surface area contributed by atoms with E-state index in [1.165, 1.54) is 0 Å². The van der Waals surface area contributed by atoms with Crippen LogP contribution in [0.3, 0.4) is 0 Å². The summed E-state index contributed by atoms with van der Waals surface area (Å²) >= 11 is 0. The van der Waals surface area contributed by atoms with Crippen molar-refractivity contribution < 1.29 is 14.2 Å². The highest BCUT2D eigenvalue weighted by Gasteiger charge is 2.13. The molecule has 0 saturated heterocycles. The molecule has 0 spiro atoms. The molecular formula is C17H15NO3. The second-order valence-corrected chi connectivity index (χ2v) is 4.52. The summed E-state index contributed by atoms with van der Waals surface area (Å²) < 4.78 is 16.2. The maximum atomic E-state index is 5.53. The van der Waals surface area contributed by atoms with E-state index in [2.05, 4.69) is 11.2 Å². The van der Waals surface area contributed by atoms with Crippen LogP contribution >= 0.6 is 0 Å². The molecule has 0 bridgehead atoms. The molecule has 4 heteroatoms. The third-order valence-electron chi connectivity index (χ3n) is 3.14. The van der Waals surface area contributed by atoms with Crippen LogP contribution in [0, 0.1) is 12.3 Å². The van der Waals surface area contributed by atoms with Crippen molar-refractivity contribution in [1.29, 1.82) is 0 Å². The topological polar surface area (TPSA) is 39.7 Å². The molecule has 0 amide bonds. The summed E-state index contributed by atoms with van der Waals surface area (Å²) in [5.41, 5.74) is 2.01. The Balaban J connectivity index is 1.69. The summed E-state index contributed by atoms with van der Waals surface area (Å²) in [6, 6.07) is 13.6. The van der Waals surface area contributed by atoms with Gasteiger partial charge < -0.3 is 19.5 Å². The predicted octanol–water partition coefficient (Wildman–Crippen LogP) is 3.04. The number of anilines is 1. The van der Waals surface area contributed by atoms with Gasteiger partial charge in [-0.1, -0.05) is 24.1 Å². The monoisotopic (exact) mass is 281 g/mol. The lowest BCUT2D eigenvalue weighted by Gasteiger charge is -2.11. The molecule has 106 valence electrons. The Hall–Kier alpha value is -2.80. The molecule has 21 heavy (non-hydrogen) atoms. The number of nitrogens with one attached hydrogen (secondary N) is 1. The van der Waals surface area contributed by atoms with Crippen LogP contribution in [0.1, 0.15) is 5.56 Å². The standard InChI is InChI=1S/C17H15NO3/c1-2-9-19-15-6-4-3-5-13(15)11-18-14-7-8-16-17(10-14)21-12-20-16/h1,3-8,10,18H,9,11-12H2. The van der Waals surface area contributed by atoms with E-state index < -0.39 is 0 Å². The molecule has 0 aromatic heterocycles. The van der Waals surface area contributed by atoms with Crippen molar-refractivity contribution in [2.45, 2.75) is 6.54 Å². The number of hydrogen-bond donors (Lipinski definition) is 1. The van der Waals surface area contributed by atoms with E-state index >= 15 is 0 Å². The maximum absolute atomic E-state index is 5.53. The Morgan fingerprint density at radius 1 is 1.14 bits per heavy atom. The molecule has 0 fully saturated rings. The minimum absolute atomic E-state index is 0.265. The van der Waals surface area contributed by atoms with Gasteiger partial charge in [0.1, 0.15) is 12.4 Å². The molecule has 0 saturated carbocycles. The predicted molar refractivity (Wildman–Crippen MR) is 80.7 cm³/mol. The fourth-order valence-corrected chi connectivity index (χ4v) is 2.11. The summed E-state index contributed by atoms with van der Waals surface area (Å²) in [6.45, 7) is 1.18. The minimum Gasteiger partial charge on any atom is -0.481 e. The molecule has 0 atom stereocenters. The first-order valence-electron chi connectivity index (χ1n) is 6.64. The zero-order valence-electron chi connectivity index (χ0n) is 11.5. The van der Waals surface area contributed by atoms with Crippen LogP contribution in [-0.4, -0.2) is 13.4 Å². The molecule has 0 radical (unpaired) electrons. The van der Waals surface area contributed by atoms with Gasteiger partial charge in [0.15, 0.2) is 11.5 Å². The van der Waals surface area contributed by atoms with E-state index in [0.29, 0.717) is 6.54 Å². The van der Waals surface area contributed by atoms with E-state index in [4.69, 9.17) is 20.6 Å². The molecule has 4 nitrogen and oxygen atoms in total. The number of para-hydroxylation sites is 1. The number of rotatable bonds is 5. The molecule has 3 rings (SSSR count). The molecule has 1 aliphatic rings. The summed E-state index contributed by atoms with van der Waals surface area (Å²) in [6.07, 6.45) is 5.23. The van der Waals surface area contributed by atoms with E-state index in [1.54, 1.807) is 0 Å². The Morgan fingerprint density at radius 2 is 2.00 bits per heavy atom. The maximum Gasteiger partial charge on any atom is 0.231 e. The zero-order valence-corrected chi connectivity index (χ0v) is 11.5. The van der Waals surface area contributed by atoms with Gasteiger partial charge in [-0.05, 0) is 18.2 Å².